The standard InChI is InChI=1S/C10H16N5O9P/c11-10-14-7(4(12-2-16)8(19)15-10)13-9-6(18)5(17)3(24-9)1-23-25(20,21)22/h2-3,5-6,9,17-18H,1H2,(H,12,16)(H2,20,21,22)(H4,11,13,14,15,19)/t3-,5-,6-,9-/m1/s1. The Bertz CT molecular complexity index is 736. The van der Waals surface area contributed by atoms with Gasteiger partial charge < -0.3 is 41.1 Å². The van der Waals surface area contributed by atoms with Crippen LogP contribution in [0, 0.1) is 0 Å². The summed E-state index contributed by atoms with van der Waals surface area (Å²) in [7, 11) is -4.80. The van der Waals surface area contributed by atoms with Crippen molar-refractivity contribution < 1.29 is 38.6 Å². The number of nitrogens with zero attached hydrogens (tertiary/aromatic N) is 1. The Morgan fingerprint density at radius 1 is 1.40 bits per heavy atom. The van der Waals surface area contributed by atoms with E-state index in [1.807, 2.05) is 0 Å². The van der Waals surface area contributed by atoms with Crippen LogP contribution < -0.4 is 21.9 Å². The van der Waals surface area contributed by atoms with Crippen molar-refractivity contribution in [2.45, 2.75) is 24.5 Å². The quantitative estimate of drug-likeness (QED) is 0.173. The van der Waals surface area contributed by atoms with Crippen molar-refractivity contribution >= 4 is 31.7 Å². The number of ether oxygens (including phenoxy) is 1. The summed E-state index contributed by atoms with van der Waals surface area (Å²) in [5.74, 6) is -0.542. The first kappa shape index (κ1) is 19.3. The van der Waals surface area contributed by atoms with Crippen LogP contribution in [0.15, 0.2) is 4.79 Å². The van der Waals surface area contributed by atoms with Gasteiger partial charge in [0.1, 0.15) is 24.0 Å². The lowest BCUT2D eigenvalue weighted by atomic mass is 10.1. The number of aromatic nitrogens is 2. The fourth-order valence-electron chi connectivity index (χ4n) is 2.10. The van der Waals surface area contributed by atoms with Crippen molar-refractivity contribution in [2.75, 3.05) is 23.0 Å². The molecule has 0 bridgehead atoms. The molecular formula is C10H16N5O9P. The molecule has 1 saturated heterocycles. The molecule has 0 aliphatic carbocycles. The highest BCUT2D eigenvalue weighted by molar-refractivity contribution is 7.46. The van der Waals surface area contributed by atoms with E-state index in [9.17, 15) is 24.4 Å². The van der Waals surface area contributed by atoms with Crippen LogP contribution in [0.25, 0.3) is 0 Å². The maximum absolute atomic E-state index is 11.8. The van der Waals surface area contributed by atoms with E-state index < -0.39 is 44.5 Å². The van der Waals surface area contributed by atoms with E-state index in [0.717, 1.165) is 0 Å². The summed E-state index contributed by atoms with van der Waals surface area (Å²) >= 11 is 0. The summed E-state index contributed by atoms with van der Waals surface area (Å²) in [6.45, 7) is -0.703. The Morgan fingerprint density at radius 3 is 2.68 bits per heavy atom. The molecule has 1 aromatic rings. The number of carbonyl (C=O) groups excluding carboxylic acids is 1. The van der Waals surface area contributed by atoms with Gasteiger partial charge in [0, 0.05) is 0 Å². The Balaban J connectivity index is 2.16. The van der Waals surface area contributed by atoms with E-state index in [2.05, 4.69) is 25.1 Å². The summed E-state index contributed by atoms with van der Waals surface area (Å²) in [4.78, 5) is 45.5. The number of nitrogen functional groups attached to an aromatic ring is 1. The maximum Gasteiger partial charge on any atom is 0.469 e. The van der Waals surface area contributed by atoms with Gasteiger partial charge in [0.2, 0.25) is 12.4 Å². The van der Waals surface area contributed by atoms with E-state index in [1.165, 1.54) is 0 Å². The molecule has 0 spiro atoms. The Labute approximate surface area is 139 Å². The molecule has 9 N–H and O–H groups in total. The van der Waals surface area contributed by atoms with Crippen molar-refractivity contribution in [3.8, 4) is 0 Å². The lowest BCUT2D eigenvalue weighted by molar-refractivity contribution is -0.105. The van der Waals surface area contributed by atoms with Crippen LogP contribution in [0.4, 0.5) is 17.5 Å². The van der Waals surface area contributed by atoms with E-state index in [0.29, 0.717) is 0 Å². The molecule has 0 unspecified atom stereocenters. The van der Waals surface area contributed by atoms with Gasteiger partial charge in [0.05, 0.1) is 6.61 Å². The molecular weight excluding hydrogens is 365 g/mol. The molecule has 15 heteroatoms. The van der Waals surface area contributed by atoms with Crippen LogP contribution in [0.3, 0.4) is 0 Å². The molecule has 0 aromatic carbocycles. The number of nitrogens with one attached hydrogen (secondary N) is 3. The van der Waals surface area contributed by atoms with Gasteiger partial charge in [-0.1, -0.05) is 0 Å². The molecule has 0 saturated carbocycles. The van der Waals surface area contributed by atoms with E-state index in [4.69, 9.17) is 20.3 Å². The molecule has 0 radical (unpaired) electrons. The highest BCUT2D eigenvalue weighted by Gasteiger charge is 2.44. The third-order valence-electron chi connectivity index (χ3n) is 3.19. The number of aliphatic hydroxyl groups excluding tert-OH is 2. The number of nitrogens with two attached hydrogens (primary N) is 1. The number of rotatable bonds is 7. The van der Waals surface area contributed by atoms with Gasteiger partial charge in [0.25, 0.3) is 5.56 Å². The van der Waals surface area contributed by atoms with Gasteiger partial charge in [-0.2, -0.15) is 4.98 Å². The van der Waals surface area contributed by atoms with Crippen LogP contribution in [-0.2, 0) is 18.6 Å². The first-order valence-corrected chi connectivity index (χ1v) is 8.23. The number of anilines is 3. The van der Waals surface area contributed by atoms with Crippen molar-refractivity contribution in [1.82, 2.24) is 9.97 Å². The van der Waals surface area contributed by atoms with Gasteiger partial charge >= 0.3 is 7.82 Å². The summed E-state index contributed by atoms with van der Waals surface area (Å²) in [6.07, 6.45) is -5.50. The minimum Gasteiger partial charge on any atom is -0.387 e. The second-order valence-corrected chi connectivity index (χ2v) is 6.18. The summed E-state index contributed by atoms with van der Waals surface area (Å²) in [6, 6.07) is 0. The smallest absolute Gasteiger partial charge is 0.387 e. The second-order valence-electron chi connectivity index (χ2n) is 4.94. The number of hydrogen-bond acceptors (Lipinski definition) is 10. The average molecular weight is 381 g/mol. The number of aliphatic hydroxyl groups is 2. The van der Waals surface area contributed by atoms with Crippen LogP contribution >= 0.6 is 7.82 Å². The lowest BCUT2D eigenvalue weighted by Gasteiger charge is -2.18. The summed E-state index contributed by atoms with van der Waals surface area (Å²) in [5, 5.41) is 24.4. The topological polar surface area (TPSA) is 229 Å². The number of phosphoric ester groups is 1. The second kappa shape index (κ2) is 7.45. The monoisotopic (exact) mass is 381 g/mol. The number of phosphoric acid groups is 1. The normalized spacial score (nSPS) is 26.4. The van der Waals surface area contributed by atoms with Crippen molar-refractivity contribution in [2.24, 2.45) is 0 Å². The number of H-pyrrole nitrogens is 1. The zero-order valence-corrected chi connectivity index (χ0v) is 13.3. The van der Waals surface area contributed by atoms with E-state index in [-0.39, 0.29) is 23.9 Å². The van der Waals surface area contributed by atoms with Crippen molar-refractivity contribution in [1.29, 1.82) is 0 Å². The van der Waals surface area contributed by atoms with Gasteiger partial charge in [-0.25, -0.2) is 4.57 Å². The third kappa shape index (κ3) is 4.73. The zero-order valence-electron chi connectivity index (χ0n) is 12.4. The van der Waals surface area contributed by atoms with Crippen LogP contribution in [0.1, 0.15) is 0 Å². The van der Waals surface area contributed by atoms with E-state index in [1.54, 1.807) is 0 Å². The van der Waals surface area contributed by atoms with Crippen LogP contribution in [0.5, 0.6) is 0 Å². The Morgan fingerprint density at radius 2 is 2.08 bits per heavy atom. The first-order valence-electron chi connectivity index (χ1n) is 6.70. The van der Waals surface area contributed by atoms with E-state index >= 15 is 0 Å². The van der Waals surface area contributed by atoms with Crippen molar-refractivity contribution in [3.63, 3.8) is 0 Å². The molecule has 1 fully saturated rings. The highest BCUT2D eigenvalue weighted by atomic mass is 31.2. The number of hydrogen-bond donors (Lipinski definition) is 8. The summed E-state index contributed by atoms with van der Waals surface area (Å²) in [5.41, 5.74) is 4.31. The number of aromatic amines is 1. The molecule has 140 valence electrons. The highest BCUT2D eigenvalue weighted by Crippen LogP contribution is 2.37. The molecule has 14 nitrogen and oxygen atoms in total. The molecule has 25 heavy (non-hydrogen) atoms. The van der Waals surface area contributed by atoms with Gasteiger partial charge in [-0.15, -0.1) is 0 Å². The Kier molecular flexibility index (Phi) is 5.74. The fourth-order valence-corrected chi connectivity index (χ4v) is 2.44. The van der Waals surface area contributed by atoms with Gasteiger partial charge in [-0.05, 0) is 0 Å². The first-order chi connectivity index (χ1) is 11.6. The molecule has 2 rings (SSSR count). The molecule has 1 amide bonds. The minimum absolute atomic E-state index is 0.213. The summed E-state index contributed by atoms with van der Waals surface area (Å²) < 4.78 is 20.1. The molecule has 1 aliphatic rings. The molecule has 2 heterocycles. The van der Waals surface area contributed by atoms with Crippen molar-refractivity contribution in [3.05, 3.63) is 10.4 Å². The van der Waals surface area contributed by atoms with Crippen LogP contribution in [-0.4, -0.2) is 67.5 Å². The predicted molar refractivity (Wildman–Crippen MR) is 81.3 cm³/mol. The SMILES string of the molecule is Nc1nc(N[C@@H]2O[C@H](COP(=O)(O)O)[C@@H](O)[C@H]2O)c(NC=O)c(=O)[nH]1. The third-order valence-corrected chi connectivity index (χ3v) is 3.67. The Hall–Kier alpha value is -2.06. The molecule has 1 aliphatic heterocycles. The lowest BCUT2D eigenvalue weighted by Crippen LogP contribution is -2.37. The van der Waals surface area contributed by atoms with Gasteiger partial charge in [-0.3, -0.25) is 19.1 Å². The predicted octanol–water partition coefficient (Wildman–Crippen LogP) is -3.11. The number of amides is 1. The van der Waals surface area contributed by atoms with Gasteiger partial charge in [0.15, 0.2) is 12.0 Å². The fraction of sp³-hybridized carbons (Fsp3) is 0.500. The molecule has 1 aromatic heterocycles. The molecule has 4 atom stereocenters. The minimum atomic E-state index is -4.80. The van der Waals surface area contributed by atoms with Crippen LogP contribution in [0.2, 0.25) is 0 Å². The average Bonchev–Trinajstić information content (AvgIpc) is 2.76. The number of carbonyl (C=O) groups is 1. The zero-order chi connectivity index (χ0) is 18.8. The maximum atomic E-state index is 11.8. The largest absolute Gasteiger partial charge is 0.469 e.